The monoisotopic (exact) mass is 383 g/mol. The summed E-state index contributed by atoms with van der Waals surface area (Å²) in [6.07, 6.45) is 1.54. The highest BCUT2D eigenvalue weighted by Gasteiger charge is 2.19. The Kier molecular flexibility index (Phi) is 5.41. The van der Waals surface area contributed by atoms with Crippen molar-refractivity contribution in [3.63, 3.8) is 0 Å². The maximum atomic E-state index is 12.2. The van der Waals surface area contributed by atoms with Crippen molar-refractivity contribution < 1.29 is 13.2 Å². The number of benzene rings is 2. The van der Waals surface area contributed by atoms with Crippen molar-refractivity contribution in [1.29, 1.82) is 0 Å². The summed E-state index contributed by atoms with van der Waals surface area (Å²) < 4.78 is 30.2. The van der Waals surface area contributed by atoms with Crippen LogP contribution in [0.5, 0.6) is 5.88 Å². The molecule has 0 atom stereocenters. The Morgan fingerprint density at radius 2 is 1.70 bits per heavy atom. The van der Waals surface area contributed by atoms with Gasteiger partial charge in [0.15, 0.2) is 15.7 Å². The van der Waals surface area contributed by atoms with Crippen LogP contribution in [-0.4, -0.2) is 23.6 Å². The van der Waals surface area contributed by atoms with Gasteiger partial charge in [-0.05, 0) is 31.5 Å². The predicted molar refractivity (Wildman–Crippen MR) is 105 cm³/mol. The molecule has 1 heterocycles. The zero-order valence-electron chi connectivity index (χ0n) is 15.2. The second-order valence-corrected chi connectivity index (χ2v) is 8.84. The van der Waals surface area contributed by atoms with Gasteiger partial charge in [0.2, 0.25) is 0 Å². The minimum absolute atomic E-state index is 0.202. The minimum atomic E-state index is -3.31. The van der Waals surface area contributed by atoms with Crippen LogP contribution in [0.4, 0.5) is 5.82 Å². The molecule has 27 heavy (non-hydrogen) atoms. The third kappa shape index (κ3) is 4.25. The summed E-state index contributed by atoms with van der Waals surface area (Å²) in [4.78, 5) is 8.85. The summed E-state index contributed by atoms with van der Waals surface area (Å²) in [6.45, 7) is 3.64. The number of rotatable bonds is 6. The lowest BCUT2D eigenvalue weighted by Gasteiger charge is -2.10. The molecule has 0 fully saturated rings. The second-order valence-electron chi connectivity index (χ2n) is 6.34. The molecule has 3 aromatic rings. The first-order chi connectivity index (χ1) is 12.9. The molecular formula is C20H21N3O3S. The topological polar surface area (TPSA) is 95.2 Å². The van der Waals surface area contributed by atoms with Crippen LogP contribution in [0, 0.1) is 0 Å². The number of nitrogens with zero attached hydrogens (tertiary/aromatic N) is 2. The maximum absolute atomic E-state index is 12.2. The Bertz CT molecular complexity index is 1020. The molecule has 6 nitrogen and oxygen atoms in total. The highest BCUT2D eigenvalue weighted by Crippen LogP contribution is 2.25. The third-order valence-electron chi connectivity index (χ3n) is 4.08. The molecule has 140 valence electrons. The van der Waals surface area contributed by atoms with Crippen molar-refractivity contribution in [3.8, 4) is 17.1 Å². The van der Waals surface area contributed by atoms with E-state index in [-0.39, 0.29) is 16.6 Å². The van der Waals surface area contributed by atoms with Crippen LogP contribution < -0.4 is 10.5 Å². The lowest BCUT2D eigenvalue weighted by molar-refractivity contribution is 0.295. The lowest BCUT2D eigenvalue weighted by Crippen LogP contribution is -2.13. The van der Waals surface area contributed by atoms with E-state index in [1.165, 1.54) is 6.20 Å². The normalized spacial score (nSPS) is 11.5. The van der Waals surface area contributed by atoms with E-state index >= 15 is 0 Å². The molecule has 0 spiro atoms. The smallest absolute Gasteiger partial charge is 0.258 e. The second kappa shape index (κ2) is 7.75. The average molecular weight is 383 g/mol. The Morgan fingerprint density at radius 1 is 1.04 bits per heavy atom. The van der Waals surface area contributed by atoms with E-state index in [0.717, 1.165) is 11.1 Å². The van der Waals surface area contributed by atoms with Gasteiger partial charge in [0, 0.05) is 5.56 Å². The van der Waals surface area contributed by atoms with Crippen LogP contribution in [0.15, 0.2) is 65.7 Å². The van der Waals surface area contributed by atoms with E-state index in [2.05, 4.69) is 9.97 Å². The fraction of sp³-hybridized carbons (Fsp3) is 0.200. The summed E-state index contributed by atoms with van der Waals surface area (Å²) in [6, 6.07) is 16.2. The Labute approximate surface area is 159 Å². The van der Waals surface area contributed by atoms with Crippen molar-refractivity contribution in [2.45, 2.75) is 30.6 Å². The molecule has 7 heteroatoms. The first kappa shape index (κ1) is 18.8. The van der Waals surface area contributed by atoms with Gasteiger partial charge in [-0.1, -0.05) is 42.5 Å². The molecular weight excluding hydrogens is 362 g/mol. The van der Waals surface area contributed by atoms with Gasteiger partial charge in [0.1, 0.15) is 6.61 Å². The van der Waals surface area contributed by atoms with Gasteiger partial charge in [0.05, 0.1) is 22.0 Å². The lowest BCUT2D eigenvalue weighted by atomic mass is 10.2. The molecule has 0 saturated heterocycles. The molecule has 0 radical (unpaired) electrons. The fourth-order valence-corrected chi connectivity index (χ4v) is 3.50. The molecule has 0 aliphatic heterocycles. The molecule has 0 bridgehead atoms. The van der Waals surface area contributed by atoms with E-state index in [4.69, 9.17) is 10.5 Å². The number of aromatic nitrogens is 2. The number of nitrogen functional groups attached to an aromatic ring is 1. The SMILES string of the molecule is CC(C)S(=O)(=O)c1ccc(-c2cnc(N)c(OCc3ccccc3)n2)cc1. The average Bonchev–Trinajstić information content (AvgIpc) is 2.68. The van der Waals surface area contributed by atoms with Crippen molar-refractivity contribution in [3.05, 3.63) is 66.4 Å². The van der Waals surface area contributed by atoms with Crippen LogP contribution >= 0.6 is 0 Å². The van der Waals surface area contributed by atoms with Gasteiger partial charge in [0.25, 0.3) is 5.88 Å². The highest BCUT2D eigenvalue weighted by molar-refractivity contribution is 7.92. The predicted octanol–water partition coefficient (Wildman–Crippen LogP) is 3.49. The fourth-order valence-electron chi connectivity index (χ4n) is 2.44. The van der Waals surface area contributed by atoms with Crippen molar-refractivity contribution in [1.82, 2.24) is 9.97 Å². The van der Waals surface area contributed by atoms with E-state index in [9.17, 15) is 8.42 Å². The molecule has 0 aliphatic carbocycles. The van der Waals surface area contributed by atoms with Crippen LogP contribution in [0.1, 0.15) is 19.4 Å². The van der Waals surface area contributed by atoms with E-state index < -0.39 is 15.1 Å². The van der Waals surface area contributed by atoms with Gasteiger partial charge < -0.3 is 10.5 Å². The number of anilines is 1. The van der Waals surface area contributed by atoms with Crippen LogP contribution in [0.3, 0.4) is 0 Å². The van der Waals surface area contributed by atoms with E-state index in [1.807, 2.05) is 30.3 Å². The largest absolute Gasteiger partial charge is 0.470 e. The summed E-state index contributed by atoms with van der Waals surface area (Å²) >= 11 is 0. The molecule has 3 rings (SSSR count). The van der Waals surface area contributed by atoms with Crippen molar-refractivity contribution in [2.75, 3.05) is 5.73 Å². The molecule has 0 amide bonds. The number of hydrogen-bond acceptors (Lipinski definition) is 6. The van der Waals surface area contributed by atoms with Gasteiger partial charge in [-0.25, -0.2) is 18.4 Å². The number of sulfone groups is 1. The van der Waals surface area contributed by atoms with E-state index in [0.29, 0.717) is 12.3 Å². The minimum Gasteiger partial charge on any atom is -0.470 e. The quantitative estimate of drug-likeness (QED) is 0.700. The summed E-state index contributed by atoms with van der Waals surface area (Å²) in [5.41, 5.74) is 8.15. The van der Waals surface area contributed by atoms with Crippen molar-refractivity contribution in [2.24, 2.45) is 0 Å². The number of hydrogen-bond donors (Lipinski definition) is 1. The zero-order chi connectivity index (χ0) is 19.4. The molecule has 0 unspecified atom stereocenters. The van der Waals surface area contributed by atoms with Gasteiger partial charge in [-0.15, -0.1) is 0 Å². The molecule has 2 aromatic carbocycles. The highest BCUT2D eigenvalue weighted by atomic mass is 32.2. The van der Waals surface area contributed by atoms with Gasteiger partial charge in [-0.2, -0.15) is 0 Å². The van der Waals surface area contributed by atoms with Crippen LogP contribution in [0.2, 0.25) is 0 Å². The van der Waals surface area contributed by atoms with Gasteiger partial charge in [-0.3, -0.25) is 0 Å². The molecule has 0 saturated carbocycles. The first-order valence-electron chi connectivity index (χ1n) is 8.51. The third-order valence-corrected chi connectivity index (χ3v) is 6.26. The Hall–Kier alpha value is -2.93. The first-order valence-corrected chi connectivity index (χ1v) is 10.1. The molecule has 0 aliphatic rings. The number of nitrogens with two attached hydrogens (primary N) is 1. The zero-order valence-corrected chi connectivity index (χ0v) is 16.0. The Balaban J connectivity index is 1.83. The van der Waals surface area contributed by atoms with Crippen LogP contribution in [0.25, 0.3) is 11.3 Å². The number of ether oxygens (including phenoxy) is 1. The van der Waals surface area contributed by atoms with Crippen LogP contribution in [-0.2, 0) is 16.4 Å². The van der Waals surface area contributed by atoms with E-state index in [1.54, 1.807) is 38.1 Å². The Morgan fingerprint density at radius 3 is 2.33 bits per heavy atom. The maximum Gasteiger partial charge on any atom is 0.258 e. The summed E-state index contributed by atoms with van der Waals surface area (Å²) in [5, 5.41) is -0.474. The van der Waals surface area contributed by atoms with Crippen molar-refractivity contribution >= 4 is 15.7 Å². The molecule has 1 aromatic heterocycles. The standard InChI is InChI=1S/C20H21N3O3S/c1-14(2)27(24,25)17-10-8-16(9-11-17)18-12-22-19(21)20(23-18)26-13-15-6-4-3-5-7-15/h3-12,14H,13H2,1-2H3,(H2,21,22). The molecule has 2 N–H and O–H groups in total. The van der Waals surface area contributed by atoms with Gasteiger partial charge >= 0.3 is 0 Å². The summed E-state index contributed by atoms with van der Waals surface area (Å²) in [7, 11) is -3.31. The summed E-state index contributed by atoms with van der Waals surface area (Å²) in [5.74, 6) is 0.448.